The van der Waals surface area contributed by atoms with E-state index in [1.54, 1.807) is 0 Å². The number of aromatic nitrogens is 4. The molecule has 2 atom stereocenters. The number of carbonyl (C=O) groups excluding carboxylic acids is 2. The van der Waals surface area contributed by atoms with Gasteiger partial charge in [-0.15, -0.1) is 5.10 Å². The number of nitrogens with one attached hydrogen (secondary N) is 1. The Bertz CT molecular complexity index is 1130. The molecular weight excluding hydrogens is 370 g/mol. The van der Waals surface area contributed by atoms with E-state index in [4.69, 9.17) is 0 Å². The Morgan fingerprint density at radius 3 is 2.34 bits per heavy atom. The Balaban J connectivity index is 1.51. The standard InChI is InChI=1S/C21H21N5O3/c27-17-12-18(25-19(28)14-8-4-5-9-15(14)20(25)29)26-21(23-17)22-16(24-26)11-10-13-6-2-1-3-7-13/h1-3,6-7,12,14-15H,4-5,8-11H2,(H,22,23,24,27)/t14-,15-/m1/s1. The number of rotatable bonds is 4. The molecule has 0 unspecified atom stereocenters. The zero-order valence-corrected chi connectivity index (χ0v) is 15.9. The molecule has 1 aromatic carbocycles. The predicted molar refractivity (Wildman–Crippen MR) is 105 cm³/mol. The number of aryl methyl sites for hydroxylation is 2. The highest BCUT2D eigenvalue weighted by atomic mass is 16.2. The molecule has 8 nitrogen and oxygen atoms in total. The normalized spacial score (nSPS) is 21.7. The first-order chi connectivity index (χ1) is 14.1. The van der Waals surface area contributed by atoms with E-state index in [-0.39, 0.29) is 35.2 Å². The smallest absolute Gasteiger partial charge is 0.254 e. The summed E-state index contributed by atoms with van der Waals surface area (Å²) in [5, 5.41) is 4.49. The Labute approximate surface area is 166 Å². The second-order valence-electron chi connectivity index (χ2n) is 7.75. The Kier molecular flexibility index (Phi) is 4.26. The van der Waals surface area contributed by atoms with Crippen LogP contribution in [0.3, 0.4) is 0 Å². The highest BCUT2D eigenvalue weighted by Gasteiger charge is 2.49. The summed E-state index contributed by atoms with van der Waals surface area (Å²) >= 11 is 0. The lowest BCUT2D eigenvalue weighted by atomic mass is 9.81. The number of nitrogens with zero attached hydrogens (tertiary/aromatic N) is 4. The molecule has 0 spiro atoms. The van der Waals surface area contributed by atoms with Gasteiger partial charge in [-0.25, -0.2) is 4.90 Å². The zero-order chi connectivity index (χ0) is 20.0. The molecule has 5 rings (SSSR count). The van der Waals surface area contributed by atoms with E-state index in [1.807, 2.05) is 30.3 Å². The van der Waals surface area contributed by atoms with Crippen LogP contribution in [0.1, 0.15) is 37.1 Å². The van der Waals surface area contributed by atoms with Crippen LogP contribution >= 0.6 is 0 Å². The van der Waals surface area contributed by atoms with Gasteiger partial charge in [0.05, 0.1) is 11.8 Å². The van der Waals surface area contributed by atoms with Crippen LogP contribution in [0.5, 0.6) is 0 Å². The lowest BCUT2D eigenvalue weighted by Gasteiger charge is -2.19. The van der Waals surface area contributed by atoms with Crippen LogP contribution in [-0.4, -0.2) is 31.4 Å². The maximum absolute atomic E-state index is 13.0. The van der Waals surface area contributed by atoms with Gasteiger partial charge in [-0.1, -0.05) is 43.2 Å². The van der Waals surface area contributed by atoms with E-state index in [2.05, 4.69) is 15.1 Å². The summed E-state index contributed by atoms with van der Waals surface area (Å²) in [6.07, 6.45) is 4.68. The minimum Gasteiger partial charge on any atom is -0.291 e. The van der Waals surface area contributed by atoms with Crippen LogP contribution in [0.25, 0.3) is 5.78 Å². The van der Waals surface area contributed by atoms with Crippen LogP contribution in [0.4, 0.5) is 5.82 Å². The summed E-state index contributed by atoms with van der Waals surface area (Å²) in [4.78, 5) is 46.3. The van der Waals surface area contributed by atoms with Gasteiger partial charge in [-0.3, -0.25) is 19.4 Å². The number of amides is 2. The van der Waals surface area contributed by atoms with Crippen molar-refractivity contribution in [3.05, 3.63) is 58.1 Å². The number of H-pyrrole nitrogens is 1. The molecule has 2 amide bonds. The van der Waals surface area contributed by atoms with E-state index >= 15 is 0 Å². The van der Waals surface area contributed by atoms with Gasteiger partial charge in [0.2, 0.25) is 17.6 Å². The van der Waals surface area contributed by atoms with E-state index in [1.165, 1.54) is 10.6 Å². The quantitative estimate of drug-likeness (QED) is 0.685. The number of anilines is 1. The molecule has 1 saturated carbocycles. The van der Waals surface area contributed by atoms with Crippen molar-refractivity contribution in [1.29, 1.82) is 0 Å². The number of hydrogen-bond donors (Lipinski definition) is 1. The second-order valence-corrected chi connectivity index (χ2v) is 7.75. The van der Waals surface area contributed by atoms with Crippen LogP contribution in [-0.2, 0) is 22.4 Å². The number of imide groups is 1. The fourth-order valence-corrected chi connectivity index (χ4v) is 4.47. The largest absolute Gasteiger partial charge is 0.291 e. The van der Waals surface area contributed by atoms with Crippen molar-refractivity contribution in [2.75, 3.05) is 4.90 Å². The van der Waals surface area contributed by atoms with Crippen molar-refractivity contribution in [3.63, 3.8) is 0 Å². The van der Waals surface area contributed by atoms with Crippen LogP contribution in [0.2, 0.25) is 0 Å². The monoisotopic (exact) mass is 391 g/mol. The Hall–Kier alpha value is -3.29. The highest BCUT2D eigenvalue weighted by Crippen LogP contribution is 2.39. The summed E-state index contributed by atoms with van der Waals surface area (Å²) in [6, 6.07) is 11.2. The molecule has 2 aliphatic rings. The van der Waals surface area contributed by atoms with E-state index < -0.39 is 5.56 Å². The van der Waals surface area contributed by atoms with Gasteiger partial charge in [0.1, 0.15) is 0 Å². The maximum atomic E-state index is 13.0. The molecule has 3 heterocycles. The van der Waals surface area contributed by atoms with Gasteiger partial charge in [0.25, 0.3) is 5.56 Å². The van der Waals surface area contributed by atoms with Gasteiger partial charge in [-0.05, 0) is 24.8 Å². The number of hydrogen-bond acceptors (Lipinski definition) is 5. The molecule has 1 aliphatic carbocycles. The van der Waals surface area contributed by atoms with E-state index in [0.29, 0.717) is 12.2 Å². The second kappa shape index (κ2) is 6.95. The highest BCUT2D eigenvalue weighted by molar-refractivity contribution is 6.21. The van der Waals surface area contributed by atoms with E-state index in [9.17, 15) is 14.4 Å². The minimum atomic E-state index is -0.412. The lowest BCUT2D eigenvalue weighted by Crippen LogP contribution is -2.34. The fourth-order valence-electron chi connectivity index (χ4n) is 4.47. The molecule has 29 heavy (non-hydrogen) atoms. The third-order valence-corrected chi connectivity index (χ3v) is 5.91. The molecule has 0 radical (unpaired) electrons. The summed E-state index contributed by atoms with van der Waals surface area (Å²) in [5.74, 6) is -0.0506. The fraction of sp³-hybridized carbons (Fsp3) is 0.381. The average Bonchev–Trinajstić information content (AvgIpc) is 3.26. The van der Waals surface area contributed by atoms with Crippen molar-refractivity contribution >= 4 is 23.4 Å². The van der Waals surface area contributed by atoms with Crippen molar-refractivity contribution in [3.8, 4) is 0 Å². The van der Waals surface area contributed by atoms with Crippen LogP contribution < -0.4 is 10.5 Å². The molecule has 1 N–H and O–H groups in total. The number of aromatic amines is 1. The third-order valence-electron chi connectivity index (χ3n) is 5.91. The van der Waals surface area contributed by atoms with Gasteiger partial charge in [0, 0.05) is 12.5 Å². The molecule has 148 valence electrons. The zero-order valence-electron chi connectivity index (χ0n) is 15.9. The molecular formula is C21H21N5O3. The molecule has 1 aliphatic heterocycles. The summed E-state index contributed by atoms with van der Waals surface area (Å²) < 4.78 is 1.41. The van der Waals surface area contributed by atoms with Crippen molar-refractivity contribution in [2.45, 2.75) is 38.5 Å². The molecule has 2 fully saturated rings. The van der Waals surface area contributed by atoms with Crippen molar-refractivity contribution in [2.24, 2.45) is 11.8 Å². The molecule has 0 bridgehead atoms. The Morgan fingerprint density at radius 1 is 0.966 bits per heavy atom. The minimum absolute atomic E-state index is 0.187. The molecule has 2 aromatic heterocycles. The summed E-state index contributed by atoms with van der Waals surface area (Å²) in [7, 11) is 0. The molecule has 3 aromatic rings. The molecule has 8 heteroatoms. The Morgan fingerprint density at radius 2 is 1.66 bits per heavy atom. The van der Waals surface area contributed by atoms with Crippen molar-refractivity contribution in [1.82, 2.24) is 19.6 Å². The SMILES string of the molecule is O=C1[C@@H]2CCCC[C@H]2C(=O)N1c1cc(=O)[nH]c2nc(CCc3ccccc3)nn12. The molecule has 1 saturated heterocycles. The van der Waals surface area contributed by atoms with Gasteiger partial charge in [0.15, 0.2) is 11.6 Å². The van der Waals surface area contributed by atoms with Crippen molar-refractivity contribution < 1.29 is 9.59 Å². The van der Waals surface area contributed by atoms with Gasteiger partial charge >= 0.3 is 0 Å². The average molecular weight is 391 g/mol. The van der Waals surface area contributed by atoms with Crippen LogP contribution in [0, 0.1) is 11.8 Å². The maximum Gasteiger partial charge on any atom is 0.254 e. The lowest BCUT2D eigenvalue weighted by molar-refractivity contribution is -0.122. The first-order valence-corrected chi connectivity index (χ1v) is 10.0. The number of benzene rings is 1. The van der Waals surface area contributed by atoms with E-state index in [0.717, 1.165) is 42.6 Å². The predicted octanol–water partition coefficient (Wildman–Crippen LogP) is 1.88. The third kappa shape index (κ3) is 3.04. The number of carbonyl (C=O) groups is 2. The number of fused-ring (bicyclic) bond motifs is 2. The van der Waals surface area contributed by atoms with Crippen LogP contribution in [0.15, 0.2) is 41.2 Å². The first-order valence-electron chi connectivity index (χ1n) is 10.0. The van der Waals surface area contributed by atoms with Gasteiger partial charge < -0.3 is 0 Å². The topological polar surface area (TPSA) is 100 Å². The van der Waals surface area contributed by atoms with Gasteiger partial charge in [-0.2, -0.15) is 9.50 Å². The first kappa shape index (κ1) is 17.8. The summed E-state index contributed by atoms with van der Waals surface area (Å²) in [5.41, 5.74) is 0.749. The summed E-state index contributed by atoms with van der Waals surface area (Å²) in [6.45, 7) is 0.